The van der Waals surface area contributed by atoms with Gasteiger partial charge in [0.2, 0.25) is 0 Å². The number of nitrogens with two attached hydrogens (primary N) is 1. The topological polar surface area (TPSA) is 51.8 Å². The van der Waals surface area contributed by atoms with Crippen LogP contribution >= 0.6 is 34.9 Å². The minimum absolute atomic E-state index is 0.644. The molecule has 0 saturated carbocycles. The summed E-state index contributed by atoms with van der Waals surface area (Å²) in [6, 6.07) is 5.44. The average molecular weight is 244 g/mol. The summed E-state index contributed by atoms with van der Waals surface area (Å²) in [5, 5.41) is 0.644. The third-order valence-corrected chi connectivity index (χ3v) is 3.83. The van der Waals surface area contributed by atoms with Crippen LogP contribution in [-0.4, -0.2) is 9.36 Å². The Labute approximate surface area is 94.5 Å². The molecule has 0 radical (unpaired) electrons. The minimum Gasteiger partial charge on any atom is -0.398 e. The number of hydrogen-bond donors (Lipinski definition) is 1. The maximum atomic E-state index is 6.00. The molecule has 2 N–H and O–H groups in total. The lowest BCUT2D eigenvalue weighted by molar-refractivity contribution is 1.21. The molecule has 0 aliphatic heterocycles. The van der Waals surface area contributed by atoms with Gasteiger partial charge in [-0.3, -0.25) is 0 Å². The molecule has 0 bridgehead atoms. The van der Waals surface area contributed by atoms with Gasteiger partial charge in [-0.15, -0.1) is 0 Å². The third-order valence-electron chi connectivity index (χ3n) is 1.53. The summed E-state index contributed by atoms with van der Waals surface area (Å²) in [6.07, 6.45) is 1.51. The predicted octanol–water partition coefficient (Wildman–Crippen LogP) is 2.92. The molecule has 2 aromatic rings. The zero-order valence-electron chi connectivity index (χ0n) is 6.98. The molecule has 1 heterocycles. The first kappa shape index (κ1) is 9.76. The zero-order chi connectivity index (χ0) is 9.97. The highest BCUT2D eigenvalue weighted by atomic mass is 35.5. The normalized spacial score (nSPS) is 10.4. The number of benzene rings is 1. The van der Waals surface area contributed by atoms with Gasteiger partial charge >= 0.3 is 0 Å². The SMILES string of the molecule is Nc1cccc(Cl)c1Sc1ncns1. The van der Waals surface area contributed by atoms with Gasteiger partial charge in [0.1, 0.15) is 6.33 Å². The second-order valence-corrected chi connectivity index (χ2v) is 4.91. The van der Waals surface area contributed by atoms with Crippen LogP contribution < -0.4 is 5.73 Å². The van der Waals surface area contributed by atoms with E-state index in [0.717, 1.165) is 9.24 Å². The summed E-state index contributed by atoms with van der Waals surface area (Å²) in [7, 11) is 0. The van der Waals surface area contributed by atoms with Gasteiger partial charge in [-0.05, 0) is 23.7 Å². The number of halogens is 1. The number of hydrogen-bond acceptors (Lipinski definition) is 5. The van der Waals surface area contributed by atoms with E-state index < -0.39 is 0 Å². The molecular weight excluding hydrogens is 238 g/mol. The van der Waals surface area contributed by atoms with Crippen molar-refractivity contribution in [2.24, 2.45) is 0 Å². The number of anilines is 1. The van der Waals surface area contributed by atoms with Crippen LogP contribution in [-0.2, 0) is 0 Å². The summed E-state index contributed by atoms with van der Waals surface area (Å²) in [4.78, 5) is 4.89. The monoisotopic (exact) mass is 243 g/mol. The van der Waals surface area contributed by atoms with Crippen LogP contribution in [0.4, 0.5) is 5.69 Å². The molecule has 0 aliphatic carbocycles. The highest BCUT2D eigenvalue weighted by Crippen LogP contribution is 2.37. The molecule has 1 aromatic heterocycles. The Bertz CT molecular complexity index is 410. The maximum absolute atomic E-state index is 6.00. The minimum atomic E-state index is 0.644. The molecule has 0 saturated heterocycles. The van der Waals surface area contributed by atoms with Crippen LogP contribution in [0.3, 0.4) is 0 Å². The molecule has 0 atom stereocenters. The Balaban J connectivity index is 2.33. The van der Waals surface area contributed by atoms with Gasteiger partial charge in [0.25, 0.3) is 0 Å². The van der Waals surface area contributed by atoms with E-state index in [1.54, 1.807) is 6.07 Å². The summed E-state index contributed by atoms with van der Waals surface area (Å²) in [6.45, 7) is 0. The first-order valence-electron chi connectivity index (χ1n) is 3.76. The van der Waals surface area contributed by atoms with E-state index in [0.29, 0.717) is 10.7 Å². The summed E-state index contributed by atoms with van der Waals surface area (Å²) < 4.78 is 4.74. The van der Waals surface area contributed by atoms with Crippen molar-refractivity contribution in [2.75, 3.05) is 5.73 Å². The predicted molar refractivity (Wildman–Crippen MR) is 59.9 cm³/mol. The van der Waals surface area contributed by atoms with E-state index in [9.17, 15) is 0 Å². The second-order valence-electron chi connectivity index (χ2n) is 2.47. The molecule has 3 nitrogen and oxygen atoms in total. The van der Waals surface area contributed by atoms with E-state index in [1.807, 2.05) is 12.1 Å². The first-order chi connectivity index (χ1) is 6.77. The molecule has 14 heavy (non-hydrogen) atoms. The number of nitrogens with zero attached hydrogens (tertiary/aromatic N) is 2. The van der Waals surface area contributed by atoms with Crippen molar-refractivity contribution in [3.63, 3.8) is 0 Å². The van der Waals surface area contributed by atoms with Crippen LogP contribution in [0, 0.1) is 0 Å². The van der Waals surface area contributed by atoms with E-state index >= 15 is 0 Å². The fourth-order valence-electron chi connectivity index (χ4n) is 0.928. The molecule has 0 amide bonds. The van der Waals surface area contributed by atoms with Crippen molar-refractivity contribution < 1.29 is 0 Å². The van der Waals surface area contributed by atoms with Crippen LogP contribution in [0.2, 0.25) is 5.02 Å². The molecule has 0 spiro atoms. The Morgan fingerprint density at radius 2 is 2.29 bits per heavy atom. The molecular formula is C8H6ClN3S2. The van der Waals surface area contributed by atoms with Gasteiger partial charge in [0.15, 0.2) is 4.34 Å². The Hall–Kier alpha value is -0.780. The third kappa shape index (κ3) is 2.00. The molecule has 0 aliphatic rings. The van der Waals surface area contributed by atoms with Gasteiger partial charge in [0, 0.05) is 5.69 Å². The van der Waals surface area contributed by atoms with Crippen LogP contribution in [0.5, 0.6) is 0 Å². The van der Waals surface area contributed by atoms with Gasteiger partial charge in [0.05, 0.1) is 9.92 Å². The van der Waals surface area contributed by atoms with Crippen molar-refractivity contribution in [1.29, 1.82) is 0 Å². The molecule has 0 fully saturated rings. The second kappa shape index (κ2) is 4.16. The lowest BCUT2D eigenvalue weighted by Gasteiger charge is -2.03. The molecule has 2 rings (SSSR count). The van der Waals surface area contributed by atoms with Gasteiger partial charge in [-0.25, -0.2) is 4.98 Å². The first-order valence-corrected chi connectivity index (χ1v) is 5.72. The van der Waals surface area contributed by atoms with Crippen molar-refractivity contribution in [1.82, 2.24) is 9.36 Å². The van der Waals surface area contributed by atoms with Crippen LogP contribution in [0.25, 0.3) is 0 Å². The van der Waals surface area contributed by atoms with Gasteiger partial charge in [-0.2, -0.15) is 4.37 Å². The van der Waals surface area contributed by atoms with Crippen molar-refractivity contribution in [3.8, 4) is 0 Å². The fourth-order valence-corrected chi connectivity index (χ4v) is 2.66. The summed E-state index contributed by atoms with van der Waals surface area (Å²) in [5.41, 5.74) is 6.45. The van der Waals surface area contributed by atoms with Crippen LogP contribution in [0.15, 0.2) is 33.8 Å². The van der Waals surface area contributed by atoms with E-state index in [2.05, 4.69) is 9.36 Å². The standard InChI is InChI=1S/C8H6ClN3S2/c9-5-2-1-3-6(10)7(5)13-8-11-4-12-14-8/h1-4H,10H2. The van der Waals surface area contributed by atoms with Crippen molar-refractivity contribution in [2.45, 2.75) is 9.24 Å². The summed E-state index contributed by atoms with van der Waals surface area (Å²) >= 11 is 8.76. The highest BCUT2D eigenvalue weighted by molar-refractivity contribution is 8.01. The molecule has 6 heteroatoms. The van der Waals surface area contributed by atoms with Crippen molar-refractivity contribution in [3.05, 3.63) is 29.5 Å². The average Bonchev–Trinajstić information content (AvgIpc) is 2.64. The molecule has 72 valence electrons. The van der Waals surface area contributed by atoms with E-state index in [1.165, 1.54) is 29.6 Å². The van der Waals surface area contributed by atoms with Crippen molar-refractivity contribution >= 4 is 40.6 Å². The quantitative estimate of drug-likeness (QED) is 0.824. The highest BCUT2D eigenvalue weighted by Gasteiger charge is 2.08. The smallest absolute Gasteiger partial charge is 0.174 e. The van der Waals surface area contributed by atoms with Gasteiger partial charge in [-0.1, -0.05) is 29.4 Å². The Kier molecular flexibility index (Phi) is 2.90. The lowest BCUT2D eigenvalue weighted by Crippen LogP contribution is -1.88. The molecule has 1 aromatic carbocycles. The Morgan fingerprint density at radius 1 is 1.43 bits per heavy atom. The Morgan fingerprint density at radius 3 is 2.93 bits per heavy atom. The number of rotatable bonds is 2. The lowest BCUT2D eigenvalue weighted by atomic mass is 10.3. The largest absolute Gasteiger partial charge is 0.398 e. The number of nitrogen functional groups attached to an aromatic ring is 1. The van der Waals surface area contributed by atoms with E-state index in [-0.39, 0.29) is 0 Å². The maximum Gasteiger partial charge on any atom is 0.174 e. The van der Waals surface area contributed by atoms with Gasteiger partial charge < -0.3 is 5.73 Å². The van der Waals surface area contributed by atoms with E-state index in [4.69, 9.17) is 17.3 Å². The number of aromatic nitrogens is 2. The summed E-state index contributed by atoms with van der Waals surface area (Å²) in [5.74, 6) is 0. The fraction of sp³-hybridized carbons (Fsp3) is 0. The van der Waals surface area contributed by atoms with Crippen LogP contribution in [0.1, 0.15) is 0 Å². The zero-order valence-corrected chi connectivity index (χ0v) is 9.36. The molecule has 0 unspecified atom stereocenters.